The van der Waals surface area contributed by atoms with E-state index in [1.165, 1.54) is 0 Å². The molecule has 5 nitrogen and oxygen atoms in total. The van der Waals surface area contributed by atoms with Gasteiger partial charge in [-0.25, -0.2) is 4.98 Å². The summed E-state index contributed by atoms with van der Waals surface area (Å²) in [6.07, 6.45) is 1.16. The lowest BCUT2D eigenvalue weighted by Crippen LogP contribution is -1.88. The Kier molecular flexibility index (Phi) is 1.66. The number of allylic oxidation sites excluding steroid dienone is 2. The smallest absolute Gasteiger partial charge is 0.204 e. The molecule has 66 valence electrons. The molecule has 0 saturated carbocycles. The average Bonchev–Trinajstić information content (AvgIpc) is 2.74. The van der Waals surface area contributed by atoms with Crippen molar-refractivity contribution in [2.45, 2.75) is 6.42 Å². The van der Waals surface area contributed by atoms with Gasteiger partial charge in [0.15, 0.2) is 12.2 Å². The molecule has 1 aromatic heterocycles. The molecule has 0 spiro atoms. The zero-order valence-electron chi connectivity index (χ0n) is 6.94. The molecule has 1 heterocycles. The summed E-state index contributed by atoms with van der Waals surface area (Å²) in [5.74, 6) is -0.0986. The van der Waals surface area contributed by atoms with Gasteiger partial charge in [-0.2, -0.15) is 10.5 Å². The van der Waals surface area contributed by atoms with Gasteiger partial charge in [-0.05, 0) is 0 Å². The second-order valence-corrected chi connectivity index (χ2v) is 2.71. The maximum atomic E-state index is 11.3. The molecule has 0 unspecified atom stereocenters. The van der Waals surface area contributed by atoms with Gasteiger partial charge in [-0.15, -0.1) is 0 Å². The van der Waals surface area contributed by atoms with E-state index in [2.05, 4.69) is 4.98 Å². The number of carbonyl (C=O) groups excluding carboxylic acids is 1. The highest BCUT2D eigenvalue weighted by atomic mass is 16.3. The molecule has 14 heavy (non-hydrogen) atoms. The summed E-state index contributed by atoms with van der Waals surface area (Å²) in [5.41, 5.74) is 0.614. The average molecular weight is 185 g/mol. The topological polar surface area (TPSA) is 90.7 Å². The Hall–Kier alpha value is -2.40. The number of ketones is 1. The summed E-state index contributed by atoms with van der Waals surface area (Å²) in [6.45, 7) is 0. The third-order valence-corrected chi connectivity index (χ3v) is 1.97. The molecule has 0 aromatic carbocycles. The van der Waals surface area contributed by atoms with Crippen LogP contribution in [-0.4, -0.2) is 10.8 Å². The molecule has 0 aliphatic heterocycles. The number of nitrogens with zero attached hydrogens (tertiary/aromatic N) is 3. The predicted octanol–water partition coefficient (Wildman–Crippen LogP) is 1.06. The highest BCUT2D eigenvalue weighted by Crippen LogP contribution is 2.32. The van der Waals surface area contributed by atoms with E-state index < -0.39 is 0 Å². The van der Waals surface area contributed by atoms with Gasteiger partial charge in [0.1, 0.15) is 23.4 Å². The number of fused-ring (bicyclic) bond motifs is 1. The lowest BCUT2D eigenvalue weighted by Gasteiger charge is -1.90. The Morgan fingerprint density at radius 2 is 2.21 bits per heavy atom. The van der Waals surface area contributed by atoms with Gasteiger partial charge >= 0.3 is 0 Å². The van der Waals surface area contributed by atoms with Crippen LogP contribution < -0.4 is 0 Å². The Balaban J connectivity index is 2.68. The second kappa shape index (κ2) is 2.82. The summed E-state index contributed by atoms with van der Waals surface area (Å²) >= 11 is 0. The fraction of sp³-hybridized carbons (Fsp3) is 0.111. The number of hydrogen-bond donors (Lipinski definition) is 0. The van der Waals surface area contributed by atoms with Gasteiger partial charge in [-0.3, -0.25) is 4.79 Å². The van der Waals surface area contributed by atoms with E-state index >= 15 is 0 Å². The monoisotopic (exact) mass is 185 g/mol. The molecule has 1 aliphatic carbocycles. The van der Waals surface area contributed by atoms with Gasteiger partial charge in [0, 0.05) is 12.0 Å². The van der Waals surface area contributed by atoms with Gasteiger partial charge in [0.25, 0.3) is 0 Å². The molecule has 5 heteroatoms. The van der Waals surface area contributed by atoms with E-state index in [0.29, 0.717) is 11.3 Å². The van der Waals surface area contributed by atoms with E-state index in [1.807, 2.05) is 0 Å². The fourth-order valence-corrected chi connectivity index (χ4v) is 1.35. The number of nitriles is 2. The van der Waals surface area contributed by atoms with Crippen LogP contribution in [0.4, 0.5) is 0 Å². The van der Waals surface area contributed by atoms with Gasteiger partial charge in [0.05, 0.1) is 0 Å². The van der Waals surface area contributed by atoms with Crippen LogP contribution in [-0.2, 0) is 0 Å². The zero-order valence-corrected chi connectivity index (χ0v) is 6.94. The van der Waals surface area contributed by atoms with Gasteiger partial charge < -0.3 is 4.42 Å². The molecule has 0 bridgehead atoms. The highest BCUT2D eigenvalue weighted by molar-refractivity contribution is 6.10. The lowest BCUT2D eigenvalue weighted by molar-refractivity contribution is 0.0979. The molecular formula is C9H3N3O2. The van der Waals surface area contributed by atoms with Crippen molar-refractivity contribution in [3.05, 3.63) is 23.4 Å². The number of hydrogen-bond acceptors (Lipinski definition) is 5. The minimum Gasteiger partial charge on any atom is -0.440 e. The highest BCUT2D eigenvalue weighted by Gasteiger charge is 2.31. The number of aromatic nitrogens is 1. The first kappa shape index (κ1) is 8.21. The Labute approximate surface area is 78.9 Å². The molecule has 0 amide bonds. The normalized spacial score (nSPS) is 13.3. The first-order chi connectivity index (χ1) is 6.77. The van der Waals surface area contributed by atoms with E-state index in [0.717, 1.165) is 6.39 Å². The zero-order chi connectivity index (χ0) is 10.1. The minimum atomic E-state index is -0.240. The number of rotatable bonds is 0. The van der Waals surface area contributed by atoms with E-state index in [1.54, 1.807) is 12.1 Å². The summed E-state index contributed by atoms with van der Waals surface area (Å²) < 4.78 is 4.84. The van der Waals surface area contributed by atoms with Crippen LogP contribution in [0, 0.1) is 22.7 Å². The van der Waals surface area contributed by atoms with Crippen molar-refractivity contribution in [1.29, 1.82) is 10.5 Å². The van der Waals surface area contributed by atoms with E-state index in [-0.39, 0.29) is 23.5 Å². The van der Waals surface area contributed by atoms with Crippen LogP contribution in [0.3, 0.4) is 0 Å². The molecule has 0 N–H and O–H groups in total. The number of oxazole rings is 1. The number of carbonyl (C=O) groups is 1. The van der Waals surface area contributed by atoms with Crippen molar-refractivity contribution in [2.75, 3.05) is 0 Å². The Morgan fingerprint density at radius 1 is 1.50 bits per heavy atom. The third kappa shape index (κ3) is 0.932. The number of Topliss-reactive ketones (excluding diaryl/α,β-unsaturated/α-hetero) is 1. The molecule has 0 atom stereocenters. The predicted molar refractivity (Wildman–Crippen MR) is 43.6 cm³/mol. The van der Waals surface area contributed by atoms with Crippen LogP contribution in [0.25, 0.3) is 5.57 Å². The maximum absolute atomic E-state index is 11.3. The van der Waals surface area contributed by atoms with Crippen LogP contribution in [0.5, 0.6) is 0 Å². The van der Waals surface area contributed by atoms with Crippen molar-refractivity contribution < 1.29 is 9.21 Å². The molecule has 2 rings (SSSR count). The van der Waals surface area contributed by atoms with Crippen molar-refractivity contribution in [2.24, 2.45) is 0 Å². The quantitative estimate of drug-likeness (QED) is 0.563. The maximum Gasteiger partial charge on any atom is 0.204 e. The molecule has 1 aromatic rings. The molecule has 0 radical (unpaired) electrons. The van der Waals surface area contributed by atoms with E-state index in [4.69, 9.17) is 14.9 Å². The summed E-state index contributed by atoms with van der Waals surface area (Å²) in [5, 5.41) is 17.3. The standard InChI is InChI=1S/C9H3N3O2/c10-2-5(3-11)6-1-7(13)9-8(6)12-4-14-9/h4H,1H2. The first-order valence-electron chi connectivity index (χ1n) is 3.78. The molecular weight excluding hydrogens is 182 g/mol. The Morgan fingerprint density at radius 3 is 2.86 bits per heavy atom. The van der Waals surface area contributed by atoms with Crippen LogP contribution in [0.1, 0.15) is 22.7 Å². The Bertz CT molecular complexity index is 509. The van der Waals surface area contributed by atoms with Crippen molar-refractivity contribution in [3.8, 4) is 12.1 Å². The van der Waals surface area contributed by atoms with Crippen molar-refractivity contribution >= 4 is 11.4 Å². The minimum absolute atomic E-state index is 0.0262. The summed E-state index contributed by atoms with van der Waals surface area (Å²) in [7, 11) is 0. The largest absolute Gasteiger partial charge is 0.440 e. The van der Waals surface area contributed by atoms with Gasteiger partial charge in [0.2, 0.25) is 5.78 Å². The second-order valence-electron chi connectivity index (χ2n) is 2.71. The SMILES string of the molecule is N#CC(C#N)=C1CC(=O)c2ocnc21. The third-order valence-electron chi connectivity index (χ3n) is 1.97. The van der Waals surface area contributed by atoms with Crippen LogP contribution in [0.2, 0.25) is 0 Å². The molecule has 0 fully saturated rings. The fourth-order valence-electron chi connectivity index (χ4n) is 1.35. The van der Waals surface area contributed by atoms with Crippen molar-refractivity contribution in [1.82, 2.24) is 4.98 Å². The molecule has 1 aliphatic rings. The van der Waals surface area contributed by atoms with Crippen LogP contribution in [0.15, 0.2) is 16.4 Å². The van der Waals surface area contributed by atoms with Crippen LogP contribution >= 0.6 is 0 Å². The summed E-state index contributed by atoms with van der Waals surface area (Å²) in [4.78, 5) is 15.1. The lowest BCUT2D eigenvalue weighted by atomic mass is 10.1. The van der Waals surface area contributed by atoms with Crippen molar-refractivity contribution in [3.63, 3.8) is 0 Å². The molecule has 0 saturated heterocycles. The summed E-state index contributed by atoms with van der Waals surface area (Å²) in [6, 6.07) is 3.46. The first-order valence-corrected chi connectivity index (χ1v) is 3.78. The van der Waals surface area contributed by atoms with Gasteiger partial charge in [-0.1, -0.05) is 0 Å². The van der Waals surface area contributed by atoms with E-state index in [9.17, 15) is 4.79 Å².